The van der Waals surface area contributed by atoms with Crippen LogP contribution in [0.3, 0.4) is 0 Å². The molecule has 0 aromatic heterocycles. The molecule has 0 aromatic carbocycles. The predicted octanol–water partition coefficient (Wildman–Crippen LogP) is 3.77. The molecule has 0 aromatic rings. The molecule has 0 N–H and O–H groups in total. The topological polar surface area (TPSA) is 34.1 Å². The summed E-state index contributed by atoms with van der Waals surface area (Å²) in [6.07, 6.45) is 10.1. The van der Waals surface area contributed by atoms with Crippen LogP contribution in [0.2, 0.25) is 0 Å². The lowest BCUT2D eigenvalue weighted by Gasteiger charge is -2.03. The molecule has 97 valence electrons. The van der Waals surface area contributed by atoms with Gasteiger partial charge in [-0.2, -0.15) is 0 Å². The molecule has 0 unspecified atom stereocenters. The second-order valence-electron chi connectivity index (χ2n) is 4.48. The summed E-state index contributed by atoms with van der Waals surface area (Å²) < 4.78 is 22.7. The fourth-order valence-electron chi connectivity index (χ4n) is 1.78. The van der Waals surface area contributed by atoms with Gasteiger partial charge in [0, 0.05) is 0 Å². The third kappa shape index (κ3) is 10.5. The highest BCUT2D eigenvalue weighted by Gasteiger charge is 2.07. The number of hydrogen-bond acceptors (Lipinski definition) is 2. The summed E-state index contributed by atoms with van der Waals surface area (Å²) in [6.45, 7) is 5.79. The van der Waals surface area contributed by atoms with Crippen molar-refractivity contribution in [3.63, 3.8) is 0 Å². The Kier molecular flexibility index (Phi) is 10.1. The SMILES string of the molecule is [CH2]CCS(=O)(=O)CCCCCCCCCC. The molecule has 0 saturated carbocycles. The highest BCUT2D eigenvalue weighted by molar-refractivity contribution is 7.91. The average molecular weight is 247 g/mol. The lowest BCUT2D eigenvalue weighted by atomic mass is 10.1. The third-order valence-electron chi connectivity index (χ3n) is 2.76. The largest absolute Gasteiger partial charge is 0.229 e. The van der Waals surface area contributed by atoms with Gasteiger partial charge < -0.3 is 0 Å². The van der Waals surface area contributed by atoms with Crippen LogP contribution in [0, 0.1) is 6.92 Å². The van der Waals surface area contributed by atoms with Gasteiger partial charge >= 0.3 is 0 Å². The highest BCUT2D eigenvalue weighted by atomic mass is 32.2. The minimum Gasteiger partial charge on any atom is -0.229 e. The van der Waals surface area contributed by atoms with Gasteiger partial charge in [0.15, 0.2) is 0 Å². The van der Waals surface area contributed by atoms with E-state index in [0.717, 1.165) is 12.8 Å². The van der Waals surface area contributed by atoms with Crippen molar-refractivity contribution < 1.29 is 8.42 Å². The quantitative estimate of drug-likeness (QED) is 0.521. The molecule has 0 heterocycles. The molecule has 0 amide bonds. The molecule has 0 atom stereocenters. The summed E-state index contributed by atoms with van der Waals surface area (Å²) in [7, 11) is -2.80. The predicted molar refractivity (Wildman–Crippen MR) is 71.2 cm³/mol. The molecule has 2 nitrogen and oxygen atoms in total. The van der Waals surface area contributed by atoms with E-state index in [2.05, 4.69) is 13.8 Å². The maximum atomic E-state index is 11.4. The van der Waals surface area contributed by atoms with E-state index in [1.807, 2.05) is 0 Å². The Bertz CT molecular complexity index is 232. The molecule has 0 spiro atoms. The lowest BCUT2D eigenvalue weighted by Crippen LogP contribution is -2.10. The number of rotatable bonds is 11. The number of unbranched alkanes of at least 4 members (excludes halogenated alkanes) is 7. The van der Waals surface area contributed by atoms with Crippen molar-refractivity contribution in [2.24, 2.45) is 0 Å². The molecular formula is C13H27O2S. The van der Waals surface area contributed by atoms with E-state index in [1.54, 1.807) is 0 Å². The van der Waals surface area contributed by atoms with Crippen LogP contribution < -0.4 is 0 Å². The summed E-state index contributed by atoms with van der Waals surface area (Å²) in [5.74, 6) is 0.612. The summed E-state index contributed by atoms with van der Waals surface area (Å²) >= 11 is 0. The van der Waals surface area contributed by atoms with Gasteiger partial charge in [-0.05, 0) is 12.8 Å². The fraction of sp³-hybridized carbons (Fsp3) is 0.923. The third-order valence-corrected chi connectivity index (χ3v) is 4.59. The van der Waals surface area contributed by atoms with Crippen LogP contribution in [0.1, 0.15) is 64.7 Å². The van der Waals surface area contributed by atoms with Gasteiger partial charge in [0.2, 0.25) is 0 Å². The van der Waals surface area contributed by atoms with Crippen LogP contribution >= 0.6 is 0 Å². The second kappa shape index (κ2) is 10.1. The van der Waals surface area contributed by atoms with E-state index in [9.17, 15) is 8.42 Å². The molecule has 0 bridgehead atoms. The molecular weight excluding hydrogens is 220 g/mol. The van der Waals surface area contributed by atoms with Gasteiger partial charge in [-0.1, -0.05) is 58.8 Å². The Morgan fingerprint density at radius 2 is 1.31 bits per heavy atom. The Balaban J connectivity index is 3.27. The van der Waals surface area contributed by atoms with Crippen LogP contribution in [0.4, 0.5) is 0 Å². The van der Waals surface area contributed by atoms with Crippen molar-refractivity contribution in [3.8, 4) is 0 Å². The van der Waals surface area contributed by atoms with E-state index in [1.165, 1.54) is 38.5 Å². The average Bonchev–Trinajstić information content (AvgIpc) is 2.22. The lowest BCUT2D eigenvalue weighted by molar-refractivity contribution is 0.572. The van der Waals surface area contributed by atoms with Crippen molar-refractivity contribution >= 4 is 9.84 Å². The second-order valence-corrected chi connectivity index (χ2v) is 6.78. The van der Waals surface area contributed by atoms with E-state index < -0.39 is 9.84 Å². The number of hydrogen-bond donors (Lipinski definition) is 0. The first-order chi connectivity index (χ1) is 7.62. The molecule has 0 aliphatic rings. The zero-order chi connectivity index (χ0) is 12.3. The maximum Gasteiger partial charge on any atom is 0.150 e. The first kappa shape index (κ1) is 16.0. The summed E-state index contributed by atoms with van der Waals surface area (Å²) in [5, 5.41) is 0. The van der Waals surface area contributed by atoms with E-state index in [-0.39, 0.29) is 5.75 Å². The molecule has 16 heavy (non-hydrogen) atoms. The maximum absolute atomic E-state index is 11.4. The van der Waals surface area contributed by atoms with Crippen LogP contribution in [0.5, 0.6) is 0 Å². The van der Waals surface area contributed by atoms with Crippen molar-refractivity contribution in [1.29, 1.82) is 0 Å². The highest BCUT2D eigenvalue weighted by Crippen LogP contribution is 2.09. The molecule has 3 heteroatoms. The van der Waals surface area contributed by atoms with Crippen LogP contribution in [0.25, 0.3) is 0 Å². The summed E-state index contributed by atoms with van der Waals surface area (Å²) in [6, 6.07) is 0. The van der Waals surface area contributed by atoms with Crippen molar-refractivity contribution in [2.75, 3.05) is 11.5 Å². The zero-order valence-electron chi connectivity index (χ0n) is 10.7. The minimum atomic E-state index is -2.80. The monoisotopic (exact) mass is 247 g/mol. The van der Waals surface area contributed by atoms with E-state index in [0.29, 0.717) is 12.2 Å². The van der Waals surface area contributed by atoms with E-state index >= 15 is 0 Å². The van der Waals surface area contributed by atoms with Gasteiger partial charge in [0.1, 0.15) is 9.84 Å². The zero-order valence-corrected chi connectivity index (χ0v) is 11.5. The Hall–Kier alpha value is -0.0500. The Morgan fingerprint density at radius 1 is 0.812 bits per heavy atom. The Morgan fingerprint density at radius 3 is 1.81 bits per heavy atom. The van der Waals surface area contributed by atoms with Gasteiger partial charge in [0.05, 0.1) is 11.5 Å². The Labute approximate surface area is 102 Å². The van der Waals surface area contributed by atoms with Gasteiger partial charge in [-0.15, -0.1) is 0 Å². The van der Waals surface area contributed by atoms with Gasteiger partial charge in [-0.25, -0.2) is 8.42 Å². The van der Waals surface area contributed by atoms with Crippen molar-refractivity contribution in [1.82, 2.24) is 0 Å². The van der Waals surface area contributed by atoms with Crippen LogP contribution in [0.15, 0.2) is 0 Å². The first-order valence-electron chi connectivity index (χ1n) is 6.62. The molecule has 0 saturated heterocycles. The molecule has 0 aliphatic heterocycles. The summed E-state index contributed by atoms with van der Waals surface area (Å²) in [5.41, 5.74) is 0. The van der Waals surface area contributed by atoms with Crippen LogP contribution in [-0.2, 0) is 9.84 Å². The van der Waals surface area contributed by atoms with Crippen molar-refractivity contribution in [3.05, 3.63) is 6.92 Å². The van der Waals surface area contributed by atoms with Crippen molar-refractivity contribution in [2.45, 2.75) is 64.7 Å². The van der Waals surface area contributed by atoms with Gasteiger partial charge in [0.25, 0.3) is 0 Å². The first-order valence-corrected chi connectivity index (χ1v) is 8.44. The fourth-order valence-corrected chi connectivity index (χ4v) is 3.07. The smallest absolute Gasteiger partial charge is 0.150 e. The summed E-state index contributed by atoms with van der Waals surface area (Å²) in [4.78, 5) is 0. The number of sulfone groups is 1. The van der Waals surface area contributed by atoms with Gasteiger partial charge in [-0.3, -0.25) is 0 Å². The normalized spacial score (nSPS) is 11.9. The molecule has 0 fully saturated rings. The minimum absolute atomic E-state index is 0.253. The van der Waals surface area contributed by atoms with E-state index in [4.69, 9.17) is 0 Å². The molecule has 0 aliphatic carbocycles. The molecule has 1 radical (unpaired) electrons. The standard InChI is InChI=1S/C13H27O2S/c1-3-5-6-7-8-9-10-11-13-16(14,15)12-4-2/h2-13H2,1H3. The molecule has 0 rings (SSSR count). The van der Waals surface area contributed by atoms with Crippen LogP contribution in [-0.4, -0.2) is 19.9 Å².